The highest BCUT2D eigenvalue weighted by Gasteiger charge is 2.12. The van der Waals surface area contributed by atoms with Crippen LogP contribution in [0.1, 0.15) is 5.56 Å². The number of thioether (sulfide) groups is 1. The van der Waals surface area contributed by atoms with Crippen molar-refractivity contribution >= 4 is 34.3 Å². The maximum Gasteiger partial charge on any atom is 0.325 e. The van der Waals surface area contributed by atoms with Crippen LogP contribution >= 0.6 is 11.8 Å². The number of nitrogens with zero attached hydrogens (tertiary/aromatic N) is 2. The number of aromatic nitrogens is 3. The quantitative estimate of drug-likeness (QED) is 0.563. The first-order valence-electron chi connectivity index (χ1n) is 7.63. The van der Waals surface area contributed by atoms with Crippen LogP contribution in [0.25, 0.3) is 10.9 Å². The fraction of sp³-hybridized carbons (Fsp3) is 0.118. The number of pyridine rings is 1. The van der Waals surface area contributed by atoms with Crippen molar-refractivity contribution in [3.63, 3.8) is 0 Å². The zero-order chi connectivity index (χ0) is 19.4. The Balaban J connectivity index is 1.79. The number of hydrogen-bond donors (Lipinski definition) is 3. The second kappa shape index (κ2) is 7.76. The van der Waals surface area contributed by atoms with E-state index >= 15 is 0 Å². The van der Waals surface area contributed by atoms with Crippen molar-refractivity contribution in [3.05, 3.63) is 56.9 Å². The first-order valence-corrected chi connectivity index (χ1v) is 8.62. The molecule has 3 N–H and O–H groups in total. The average Bonchev–Trinajstić information content (AvgIpc) is 2.67. The molecule has 0 atom stereocenters. The normalized spacial score (nSPS) is 10.4. The number of H-pyrrole nitrogens is 2. The van der Waals surface area contributed by atoms with Crippen LogP contribution in [0.4, 0.5) is 5.69 Å². The molecule has 0 saturated heterocycles. The van der Waals surface area contributed by atoms with Gasteiger partial charge in [0.15, 0.2) is 0 Å². The largest absolute Gasteiger partial charge is 0.497 e. The van der Waals surface area contributed by atoms with E-state index in [1.165, 1.54) is 0 Å². The van der Waals surface area contributed by atoms with Gasteiger partial charge in [0.05, 0.1) is 23.9 Å². The summed E-state index contributed by atoms with van der Waals surface area (Å²) in [4.78, 5) is 43.4. The van der Waals surface area contributed by atoms with Gasteiger partial charge in [0, 0.05) is 17.6 Å². The van der Waals surface area contributed by atoms with Crippen LogP contribution < -0.4 is 21.3 Å². The lowest BCUT2D eigenvalue weighted by Crippen LogP contribution is -2.27. The molecule has 0 unspecified atom stereocenters. The summed E-state index contributed by atoms with van der Waals surface area (Å²) in [7, 11) is 1.54. The van der Waals surface area contributed by atoms with Gasteiger partial charge in [0.2, 0.25) is 5.91 Å². The van der Waals surface area contributed by atoms with Crippen LogP contribution in [0, 0.1) is 11.3 Å². The Kier molecular flexibility index (Phi) is 5.23. The van der Waals surface area contributed by atoms with Crippen molar-refractivity contribution in [2.45, 2.75) is 5.03 Å². The maximum absolute atomic E-state index is 12.1. The highest BCUT2D eigenvalue weighted by Crippen LogP contribution is 2.26. The second-order valence-electron chi connectivity index (χ2n) is 5.33. The van der Waals surface area contributed by atoms with Gasteiger partial charge in [0.1, 0.15) is 22.5 Å². The Morgan fingerprint density at radius 1 is 1.37 bits per heavy atom. The second-order valence-corrected chi connectivity index (χ2v) is 6.30. The highest BCUT2D eigenvalue weighted by molar-refractivity contribution is 8.00. The Hall–Kier alpha value is -3.58. The van der Waals surface area contributed by atoms with Crippen molar-refractivity contribution in [3.8, 4) is 11.8 Å². The number of nitrogens with one attached hydrogen (secondary N) is 3. The van der Waals surface area contributed by atoms with Crippen LogP contribution in [0.5, 0.6) is 5.75 Å². The van der Waals surface area contributed by atoms with Crippen LogP contribution in [0.3, 0.4) is 0 Å². The molecule has 0 saturated carbocycles. The fourth-order valence-corrected chi connectivity index (χ4v) is 3.03. The molecule has 0 bridgehead atoms. The van der Waals surface area contributed by atoms with E-state index in [-0.39, 0.29) is 11.4 Å². The van der Waals surface area contributed by atoms with Gasteiger partial charge in [-0.1, -0.05) is 11.8 Å². The van der Waals surface area contributed by atoms with Crippen molar-refractivity contribution in [2.75, 3.05) is 18.2 Å². The third-order valence-corrected chi connectivity index (χ3v) is 4.53. The van der Waals surface area contributed by atoms with Crippen molar-refractivity contribution < 1.29 is 9.53 Å². The molecule has 27 heavy (non-hydrogen) atoms. The minimum absolute atomic E-state index is 0.0723. The summed E-state index contributed by atoms with van der Waals surface area (Å²) >= 11 is 1.07. The molecule has 3 aromatic rings. The van der Waals surface area contributed by atoms with E-state index in [9.17, 15) is 19.6 Å². The van der Waals surface area contributed by atoms with Gasteiger partial charge >= 0.3 is 5.69 Å². The molecule has 0 aliphatic heterocycles. The third-order valence-electron chi connectivity index (χ3n) is 3.54. The number of ether oxygens (including phenoxy) is 1. The van der Waals surface area contributed by atoms with Gasteiger partial charge in [-0.15, -0.1) is 0 Å². The first-order chi connectivity index (χ1) is 13.0. The summed E-state index contributed by atoms with van der Waals surface area (Å²) in [6, 6.07) is 9.06. The van der Waals surface area contributed by atoms with E-state index in [4.69, 9.17) is 4.74 Å². The predicted octanol–water partition coefficient (Wildman–Crippen LogP) is 1.22. The lowest BCUT2D eigenvalue weighted by molar-refractivity contribution is -0.113. The molecule has 0 aliphatic carbocycles. The Morgan fingerprint density at radius 3 is 2.89 bits per heavy atom. The predicted molar refractivity (Wildman–Crippen MR) is 100 cm³/mol. The summed E-state index contributed by atoms with van der Waals surface area (Å²) in [5, 5.41) is 12.9. The van der Waals surface area contributed by atoms with Crippen molar-refractivity contribution in [2.24, 2.45) is 0 Å². The van der Waals surface area contributed by atoms with E-state index in [2.05, 4.69) is 21.4 Å². The van der Waals surface area contributed by atoms with Gasteiger partial charge in [-0.2, -0.15) is 5.26 Å². The monoisotopic (exact) mass is 383 g/mol. The van der Waals surface area contributed by atoms with Crippen molar-refractivity contribution in [1.29, 1.82) is 5.26 Å². The van der Waals surface area contributed by atoms with E-state index in [0.717, 1.165) is 23.3 Å². The van der Waals surface area contributed by atoms with Crippen LogP contribution in [-0.2, 0) is 4.79 Å². The Labute approximate surface area is 156 Å². The molecule has 1 aromatic carbocycles. The van der Waals surface area contributed by atoms with Crippen LogP contribution in [0.2, 0.25) is 0 Å². The zero-order valence-electron chi connectivity index (χ0n) is 14.0. The molecule has 3 rings (SSSR count). The molecular formula is C17H13N5O4S. The molecule has 2 heterocycles. The van der Waals surface area contributed by atoms with Gasteiger partial charge in [-0.3, -0.25) is 14.6 Å². The smallest absolute Gasteiger partial charge is 0.325 e. The number of fused-ring (bicyclic) bond motifs is 1. The molecule has 10 heteroatoms. The Bertz CT molecular complexity index is 1180. The van der Waals surface area contributed by atoms with Gasteiger partial charge < -0.3 is 15.0 Å². The first kappa shape index (κ1) is 18.2. The van der Waals surface area contributed by atoms with Crippen LogP contribution in [0.15, 0.2) is 45.1 Å². The molecule has 9 nitrogen and oxygen atoms in total. The van der Waals surface area contributed by atoms with Gasteiger partial charge in [-0.25, -0.2) is 9.78 Å². The van der Waals surface area contributed by atoms with Crippen molar-refractivity contribution in [1.82, 2.24) is 15.0 Å². The molecule has 0 fully saturated rings. The standard InChI is InChI=1S/C17H13N5O4S/c1-26-11-3-2-9-4-10(6-18)16(21-12(9)5-11)27-8-14(23)20-13-7-19-17(25)22-15(13)24/h2-5,7H,8H2,1H3,(H,20,23)(H2,19,22,24,25). The molecule has 0 spiro atoms. The summed E-state index contributed by atoms with van der Waals surface area (Å²) in [6.45, 7) is 0. The number of carbonyl (C=O) groups excluding carboxylic acids is 1. The lowest BCUT2D eigenvalue weighted by atomic mass is 10.1. The summed E-state index contributed by atoms with van der Waals surface area (Å²) in [6.07, 6.45) is 1.12. The van der Waals surface area contributed by atoms with Crippen LogP contribution in [-0.4, -0.2) is 33.7 Å². The average molecular weight is 383 g/mol. The summed E-state index contributed by atoms with van der Waals surface area (Å²) in [5.41, 5.74) is -0.467. The number of rotatable bonds is 5. The molecule has 0 radical (unpaired) electrons. The third kappa shape index (κ3) is 4.16. The molecule has 1 amide bonds. The minimum atomic E-state index is -0.703. The summed E-state index contributed by atoms with van der Waals surface area (Å²) < 4.78 is 5.17. The number of anilines is 1. The van der Waals surface area contributed by atoms with Gasteiger partial charge in [0.25, 0.3) is 5.56 Å². The van der Waals surface area contributed by atoms with Gasteiger partial charge in [-0.05, 0) is 18.2 Å². The number of nitriles is 1. The Morgan fingerprint density at radius 2 is 2.19 bits per heavy atom. The lowest BCUT2D eigenvalue weighted by Gasteiger charge is -2.07. The van der Waals surface area contributed by atoms with E-state index < -0.39 is 17.2 Å². The maximum atomic E-state index is 12.1. The molecule has 0 aliphatic rings. The molecule has 136 valence electrons. The number of carbonyl (C=O) groups is 1. The van der Waals surface area contributed by atoms with E-state index in [0.29, 0.717) is 21.9 Å². The highest BCUT2D eigenvalue weighted by atomic mass is 32.2. The van der Waals surface area contributed by atoms with E-state index in [1.54, 1.807) is 31.4 Å². The zero-order valence-corrected chi connectivity index (χ0v) is 14.8. The number of aromatic amines is 2. The SMILES string of the molecule is COc1ccc2cc(C#N)c(SCC(=O)Nc3c[nH]c(=O)[nH]c3=O)nc2c1. The van der Waals surface area contributed by atoms with E-state index in [1.807, 2.05) is 4.98 Å². The topological polar surface area (TPSA) is 141 Å². The number of amides is 1. The molecule has 2 aromatic heterocycles. The minimum Gasteiger partial charge on any atom is -0.497 e. The number of benzene rings is 1. The molecular weight excluding hydrogens is 370 g/mol. The summed E-state index contributed by atoms with van der Waals surface area (Å²) in [5.74, 6) is 0.0788. The number of hydrogen-bond acceptors (Lipinski definition) is 7. The fourth-order valence-electron chi connectivity index (χ4n) is 2.27. The number of methoxy groups -OCH3 is 1.